The summed E-state index contributed by atoms with van der Waals surface area (Å²) in [6.07, 6.45) is 57.9. The van der Waals surface area contributed by atoms with Crippen molar-refractivity contribution >= 4 is 76.0 Å². The van der Waals surface area contributed by atoms with Gasteiger partial charge in [0, 0.05) is 83.7 Å². The molecule has 3 heterocycles. The molecule has 0 aromatic heterocycles. The Morgan fingerprint density at radius 3 is 0.813 bits per heavy atom. The summed E-state index contributed by atoms with van der Waals surface area (Å²) < 4.78 is 3.58. The van der Waals surface area contributed by atoms with E-state index < -0.39 is 40.6 Å². The first-order valence-electron chi connectivity index (χ1n) is 49.2. The molecule has 134 heavy (non-hydrogen) atoms. The number of hydrogen-bond donors (Lipinski definition) is 0. The molecule has 16 rings (SSSR count). The quantitative estimate of drug-likeness (QED) is 0.126. The number of allylic oxidation sites excluding steroid dienone is 42. The van der Waals surface area contributed by atoms with Crippen molar-refractivity contribution in [2.75, 3.05) is 39.3 Å². The molecule has 0 bridgehead atoms. The van der Waals surface area contributed by atoms with Crippen LogP contribution in [0.3, 0.4) is 0 Å². The summed E-state index contributed by atoms with van der Waals surface area (Å²) in [5, 5.41) is 22.0. The summed E-state index contributed by atoms with van der Waals surface area (Å²) in [6, 6.07) is 15.7. The van der Waals surface area contributed by atoms with Gasteiger partial charge in [-0.15, -0.1) is 0 Å². The molecule has 3 fully saturated rings. The molecular weight excluding hydrogens is 2040 g/mol. The van der Waals surface area contributed by atoms with Crippen LogP contribution in [0.4, 0.5) is 0 Å². The zero-order chi connectivity index (χ0) is 98.8. The van der Waals surface area contributed by atoms with Gasteiger partial charge in [0.15, 0.2) is 0 Å². The van der Waals surface area contributed by atoms with Gasteiger partial charge in [-0.1, -0.05) is 197 Å². The summed E-state index contributed by atoms with van der Waals surface area (Å²) >= 11 is -5.29. The van der Waals surface area contributed by atoms with Crippen LogP contribution >= 0.6 is 58.1 Å². The minimum absolute atomic E-state index is 0.566. The zero-order valence-corrected chi connectivity index (χ0v) is 95.5. The van der Waals surface area contributed by atoms with Crippen molar-refractivity contribution in [1.82, 2.24) is 29.4 Å². The van der Waals surface area contributed by atoms with Crippen LogP contribution in [0.25, 0.3) is 5.57 Å². The van der Waals surface area contributed by atoms with E-state index in [1.807, 2.05) is 6.07 Å². The monoisotopic (exact) mass is 2190 g/mol. The van der Waals surface area contributed by atoms with Gasteiger partial charge in [0.25, 0.3) is 0 Å². The third-order valence-corrected chi connectivity index (χ3v) is 36.6. The Hall–Kier alpha value is -5.75. The molecule has 18 heteroatoms. The number of halogens is 6. The molecule has 1 aromatic rings. The van der Waals surface area contributed by atoms with E-state index in [-0.39, 0.29) is 0 Å². The van der Waals surface area contributed by atoms with Crippen molar-refractivity contribution in [3.05, 3.63) is 295 Å². The summed E-state index contributed by atoms with van der Waals surface area (Å²) in [5.74, 6) is 8.67. The molecule has 0 N–H and O–H groups in total. The number of nitrogens with zero attached hydrogens (tertiary/aromatic N) is 9. The third-order valence-electron chi connectivity index (χ3n) is 27.2. The van der Waals surface area contributed by atoms with E-state index in [0.717, 1.165) is 77.8 Å². The van der Waals surface area contributed by atoms with E-state index in [1.54, 1.807) is 41.0 Å². The predicted octanol–water partition coefficient (Wildman–Crippen LogP) is 33.1. The number of fused-ring (bicyclic) bond motifs is 3. The summed E-state index contributed by atoms with van der Waals surface area (Å²) in [7, 11) is 36.5. The average molecular weight is 2190 g/mol. The molecule has 9 nitrogen and oxygen atoms in total. The van der Waals surface area contributed by atoms with Crippen LogP contribution in [0.2, 0.25) is 0 Å². The molecule has 0 spiro atoms. The first kappa shape index (κ1) is 114. The van der Waals surface area contributed by atoms with Crippen molar-refractivity contribution in [1.29, 1.82) is 15.8 Å². The fourth-order valence-corrected chi connectivity index (χ4v) is 29.0. The van der Waals surface area contributed by atoms with Crippen molar-refractivity contribution in [3.8, 4) is 18.2 Å². The van der Waals surface area contributed by atoms with Crippen LogP contribution in [0.5, 0.6) is 0 Å². The van der Waals surface area contributed by atoms with E-state index in [2.05, 4.69) is 355 Å². The van der Waals surface area contributed by atoms with E-state index in [0.29, 0.717) is 82.9 Å². The maximum atomic E-state index is 7.32. The molecule has 3 aliphatic heterocycles. The van der Waals surface area contributed by atoms with Crippen LogP contribution in [0.15, 0.2) is 269 Å². The first-order valence-corrected chi connectivity index (χ1v) is 65.2. The van der Waals surface area contributed by atoms with Crippen LogP contribution in [-0.4, -0.2) is 81.0 Å². The molecule has 0 unspecified atom stereocenters. The van der Waals surface area contributed by atoms with Gasteiger partial charge in [0.05, 0.1) is 18.2 Å². The molecule has 15 aliphatic rings. The Bertz CT molecular complexity index is 4880. The van der Waals surface area contributed by atoms with Crippen molar-refractivity contribution < 1.29 is 40.6 Å². The Kier molecular flexibility index (Phi) is 46.5. The van der Waals surface area contributed by atoms with Gasteiger partial charge < -0.3 is 29.4 Å². The Labute approximate surface area is 852 Å². The van der Waals surface area contributed by atoms with Gasteiger partial charge in [-0.25, -0.2) is 0 Å². The number of nitriles is 3. The van der Waals surface area contributed by atoms with Crippen LogP contribution in [0, 0.1) is 137 Å². The molecule has 12 aliphatic carbocycles. The zero-order valence-electron chi connectivity index (χ0n) is 85.8. The fraction of sp³-hybridized carbons (Fsp3) is 0.509. The molecule has 0 saturated carbocycles. The third kappa shape index (κ3) is 29.7. The second kappa shape index (κ2) is 54.9. The average Bonchev–Trinajstić information content (AvgIpc) is 1.61. The van der Waals surface area contributed by atoms with Gasteiger partial charge in [-0.2, -0.15) is 35.8 Å². The van der Waals surface area contributed by atoms with Crippen LogP contribution < -0.4 is 0 Å². The predicted molar refractivity (Wildman–Crippen MR) is 572 cm³/mol. The van der Waals surface area contributed by atoms with Gasteiger partial charge in [0.2, 0.25) is 0 Å². The standard InChI is InChI=1S/2C27H43N2.C21H31N2.C15H12.2C10H10.3C2H3N.6ClH.3Ru/c2*1-18(2)22-11-9-12-23(19(3)4)26(22)28-15-16-29(17-28)27-24(20(5)6)13-10-14-25(27)21(7)8;1-14-9-16(3)20(17(4)10-14)22-7-8-23(13-22)21-18(5)11-15(2)12-19(21)6;1-2-6-12(7-3-1)15-11-10-13-8-4-5-9-14(13)15;2*1-8-6-7-9-4-2-3-5-10(8)9;3*1-2-3;;;;;;;;;/h2*9-11,13,17-21,23,25H,12,14-16H2,1-8H3;9,11,13,17,19H,7-8,10,12H2,1-6H3;1-3,6-9,11H,4-5H2;2*4-6H,2-3H2,1H3;3*1H3;6*1H;;;/q3*-1;;;;;;;;;;;;;3*+2/p-6/t2*23-,25+;17-,19+;;;;;;;;;;;;;;;. The molecule has 6 atom stereocenters. The Morgan fingerprint density at radius 2 is 0.567 bits per heavy atom. The van der Waals surface area contributed by atoms with Crippen molar-refractivity contribution in [2.24, 2.45) is 82.9 Å². The number of hydrogen-bond acceptors (Lipinski definition) is 9. The van der Waals surface area contributed by atoms with Gasteiger partial charge in [0.1, 0.15) is 0 Å². The topological polar surface area (TPSA) is 90.8 Å². The van der Waals surface area contributed by atoms with E-state index in [1.165, 1.54) is 183 Å². The first-order chi connectivity index (χ1) is 63.7. The van der Waals surface area contributed by atoms with Gasteiger partial charge in [-0.05, 0) is 193 Å². The summed E-state index contributed by atoms with van der Waals surface area (Å²) in [5.41, 5.74) is 34.5. The van der Waals surface area contributed by atoms with Gasteiger partial charge >= 0.3 is 304 Å². The van der Waals surface area contributed by atoms with E-state index >= 15 is 0 Å². The van der Waals surface area contributed by atoms with Gasteiger partial charge in [-0.3, -0.25) is 0 Å². The molecular formula is C116H158Cl6N9Ru3-3. The summed E-state index contributed by atoms with van der Waals surface area (Å²) in [6.45, 7) is 74.1. The molecule has 0 amide bonds. The normalized spacial score (nSPS) is 23.2. The van der Waals surface area contributed by atoms with E-state index in [9.17, 15) is 0 Å². The SMILES string of the molecule is CC#N.CC#N.CC#N.CC(C)C1=C(N2[CH-]N(C3=C(C(C)C)C=CC[C@@H]3C(C)C)CC2)[C@H](C(C)C)CC=C1.CC(C)C1=C(N2[CH-]N(C3=C(C(C)C)C=CC[C@@H]3C(C)C)CC2)[C@H](C(C)C)CC=C1.CC1=CC(C)=C(N2[CH-]N(C3=C(C)C=C(C)C[C@@H]3C)CC2)[C@H](C)C1.CC1=C[C](=[Ru]([Cl])[Cl])C2=CCCC=C12.CC1=C[C](=[Ru]([Cl])[Cl])C2=CCCC=C12.[Cl][Ru]([Cl])=[C]1C=C(c2ccccc2)C2=CCCC=C21. The van der Waals surface area contributed by atoms with Crippen molar-refractivity contribution in [2.45, 2.75) is 264 Å². The van der Waals surface area contributed by atoms with Crippen molar-refractivity contribution in [3.63, 3.8) is 0 Å². The number of rotatable bonds is 15. The van der Waals surface area contributed by atoms with Crippen LogP contribution in [-0.2, 0) is 40.6 Å². The Balaban J connectivity index is 0.000000198. The summed E-state index contributed by atoms with van der Waals surface area (Å²) in [4.78, 5) is 15.4. The molecule has 736 valence electrons. The second-order valence-corrected chi connectivity index (χ2v) is 57.5. The molecule has 3 saturated heterocycles. The Morgan fingerprint density at radius 1 is 0.328 bits per heavy atom. The fourth-order valence-electron chi connectivity index (χ4n) is 21.2. The maximum absolute atomic E-state index is 7.32. The molecule has 1 aromatic carbocycles. The van der Waals surface area contributed by atoms with E-state index in [4.69, 9.17) is 73.9 Å². The number of benzene rings is 1. The molecule has 0 radical (unpaired) electrons. The minimum atomic E-state index is -1.85. The van der Waals surface area contributed by atoms with Crippen LogP contribution in [0.1, 0.15) is 270 Å². The second-order valence-electron chi connectivity index (χ2n) is 40.0.